The summed E-state index contributed by atoms with van der Waals surface area (Å²) in [6.07, 6.45) is 2.42. The number of aliphatic carboxylic acids is 3. The summed E-state index contributed by atoms with van der Waals surface area (Å²) in [4.78, 5) is 158. The average Bonchev–Trinajstić information content (AvgIpc) is 0.806. The highest BCUT2D eigenvalue weighted by Gasteiger charge is 2.43. The standard InChI is InChI=1S/C65H89N15O15/c1-76-53(63(95)73-51(11-7-26-70-64(66)67)62(94)74-52(36-45-14-17-46-9-4-5-10-48(46)35-45)61(93)71-38-55(84)75-65(76,43-81)37-44-15-22-50(82)23-16-44)12-8-25-69-60(92)47-18-20-49(21-19-47)72-54(83)13-3-2-6-24-68-56(85)39-77-27-29-78(40-57(86)87)31-33-80(42-59(90)91)34-32-79(30-28-77)41-58(88)89/h4-5,9-10,14-23,35,43,51-53,82H,2-3,6-8,11-13,24-34,36-42H2,1H3,(H,68,85)(H,69,92)(H,71,93)(H,72,83)(H,73,95)(H,74,94)(H,75,84)(H,86,87)(H,88,89)(H,90,91)(H4,66,67,70). The Morgan fingerprint density at radius 1 is 0.621 bits per heavy atom. The van der Waals surface area contributed by atoms with Gasteiger partial charge in [0.1, 0.15) is 17.8 Å². The summed E-state index contributed by atoms with van der Waals surface area (Å²) in [5.74, 6) is -7.38. The number of nitrogens with two attached hydrogens (primary N) is 2. The molecule has 4 aromatic carbocycles. The smallest absolute Gasteiger partial charge is 0.317 e. The molecule has 0 spiro atoms. The maximum atomic E-state index is 14.9. The fourth-order valence-corrected chi connectivity index (χ4v) is 11.2. The zero-order valence-corrected chi connectivity index (χ0v) is 53.5. The van der Waals surface area contributed by atoms with Gasteiger partial charge in [0.25, 0.3) is 5.91 Å². The van der Waals surface area contributed by atoms with Crippen molar-refractivity contribution in [2.24, 2.45) is 16.5 Å². The summed E-state index contributed by atoms with van der Waals surface area (Å²) in [7, 11) is 1.46. The van der Waals surface area contributed by atoms with Crippen LogP contribution in [0.25, 0.3) is 10.8 Å². The van der Waals surface area contributed by atoms with Gasteiger partial charge in [-0.1, -0.05) is 61.0 Å². The average molecular weight is 1320 g/mol. The third-order valence-electron chi connectivity index (χ3n) is 16.4. The number of aldehydes is 1. The molecule has 2 saturated heterocycles. The fraction of sp³-hybridized carbons (Fsp3) is 0.477. The molecule has 0 saturated carbocycles. The Morgan fingerprint density at radius 2 is 1.19 bits per heavy atom. The molecule has 2 fully saturated rings. The van der Waals surface area contributed by atoms with E-state index in [0.29, 0.717) is 62.0 Å². The number of fused-ring (bicyclic) bond motifs is 1. The summed E-state index contributed by atoms with van der Waals surface area (Å²) in [6, 6.07) is 21.5. The number of hydrogen-bond donors (Lipinski definition) is 13. The van der Waals surface area contributed by atoms with E-state index in [-0.39, 0.29) is 153 Å². The van der Waals surface area contributed by atoms with Gasteiger partial charge in [-0.05, 0) is 104 Å². The number of phenolic OH excluding ortho intramolecular Hbond substituents is 1. The molecule has 30 heteroatoms. The molecular weight excluding hydrogens is 1230 g/mol. The van der Waals surface area contributed by atoms with Crippen LogP contribution in [0.4, 0.5) is 5.69 Å². The van der Waals surface area contributed by atoms with Gasteiger partial charge in [-0.15, -0.1) is 0 Å². The minimum absolute atomic E-state index is 0.000771. The predicted molar refractivity (Wildman–Crippen MR) is 352 cm³/mol. The van der Waals surface area contributed by atoms with Crippen LogP contribution in [0.15, 0.2) is 96.0 Å². The quantitative estimate of drug-likeness (QED) is 0.0136. The van der Waals surface area contributed by atoms with Crippen LogP contribution in [0.2, 0.25) is 0 Å². The van der Waals surface area contributed by atoms with Crippen LogP contribution in [0.1, 0.15) is 72.9 Å². The number of hydrogen-bond acceptors (Lipinski definition) is 18. The van der Waals surface area contributed by atoms with E-state index in [4.69, 9.17) is 11.5 Å². The maximum absolute atomic E-state index is 14.9. The van der Waals surface area contributed by atoms with Crippen LogP contribution in [0.3, 0.4) is 0 Å². The molecule has 6 rings (SSSR count). The van der Waals surface area contributed by atoms with Gasteiger partial charge < -0.3 is 69.1 Å². The zero-order chi connectivity index (χ0) is 68.9. The third-order valence-corrected chi connectivity index (χ3v) is 16.4. The molecule has 30 nitrogen and oxygen atoms in total. The highest BCUT2D eigenvalue weighted by molar-refractivity contribution is 5.97. The van der Waals surface area contributed by atoms with E-state index in [1.54, 1.807) is 39.0 Å². The van der Waals surface area contributed by atoms with Crippen molar-refractivity contribution >= 4 is 88.0 Å². The second-order valence-electron chi connectivity index (χ2n) is 23.7. The van der Waals surface area contributed by atoms with E-state index in [9.17, 15) is 73.2 Å². The van der Waals surface area contributed by atoms with Crippen molar-refractivity contribution in [3.63, 3.8) is 0 Å². The molecule has 95 heavy (non-hydrogen) atoms. The van der Waals surface area contributed by atoms with Gasteiger partial charge in [0.15, 0.2) is 17.9 Å². The van der Waals surface area contributed by atoms with Crippen molar-refractivity contribution in [3.05, 3.63) is 108 Å². The normalized spacial score (nSPS) is 19.6. The zero-order valence-electron chi connectivity index (χ0n) is 53.5. The van der Waals surface area contributed by atoms with E-state index in [2.05, 4.69) is 42.2 Å². The van der Waals surface area contributed by atoms with Gasteiger partial charge in [0.2, 0.25) is 35.4 Å². The van der Waals surface area contributed by atoms with Crippen molar-refractivity contribution < 1.29 is 73.2 Å². The predicted octanol–water partition coefficient (Wildman–Crippen LogP) is -0.904. The van der Waals surface area contributed by atoms with E-state index in [1.807, 2.05) is 47.4 Å². The molecule has 15 N–H and O–H groups in total. The first-order chi connectivity index (χ1) is 45.5. The molecule has 0 bridgehead atoms. The lowest BCUT2D eigenvalue weighted by molar-refractivity contribution is -0.141. The fourth-order valence-electron chi connectivity index (χ4n) is 11.2. The monoisotopic (exact) mass is 1320 g/mol. The Bertz CT molecular complexity index is 3280. The second kappa shape index (κ2) is 37.9. The Morgan fingerprint density at radius 3 is 1.78 bits per heavy atom. The van der Waals surface area contributed by atoms with Gasteiger partial charge in [0.05, 0.1) is 38.8 Å². The van der Waals surface area contributed by atoms with Crippen LogP contribution in [-0.2, 0) is 60.8 Å². The largest absolute Gasteiger partial charge is 0.508 e. The molecule has 7 amide bonds. The number of aliphatic imine (C=N–C) groups is 1. The van der Waals surface area contributed by atoms with Gasteiger partial charge >= 0.3 is 17.9 Å². The van der Waals surface area contributed by atoms with Crippen LogP contribution < -0.4 is 48.7 Å². The number of carbonyl (C=O) groups excluding carboxylic acids is 8. The van der Waals surface area contributed by atoms with Crippen molar-refractivity contribution in [3.8, 4) is 5.75 Å². The molecule has 2 heterocycles. The van der Waals surface area contributed by atoms with Gasteiger partial charge in [-0.3, -0.25) is 82.2 Å². The number of carbonyl (C=O) groups is 11. The molecule has 0 aliphatic carbocycles. The lowest BCUT2D eigenvalue weighted by atomic mass is 9.95. The highest BCUT2D eigenvalue weighted by Crippen LogP contribution is 2.24. The topological polar surface area (TPSA) is 433 Å². The Kier molecular flexibility index (Phi) is 29.7. The number of carboxylic acids is 3. The van der Waals surface area contributed by atoms with Crippen LogP contribution in [0, 0.1) is 0 Å². The molecule has 4 aromatic rings. The van der Waals surface area contributed by atoms with E-state index < -0.39 is 77.8 Å². The third kappa shape index (κ3) is 25.7. The van der Waals surface area contributed by atoms with E-state index >= 15 is 0 Å². The molecule has 2 aliphatic heterocycles. The second-order valence-corrected chi connectivity index (χ2v) is 23.7. The number of aromatic hydroxyl groups is 1. The van der Waals surface area contributed by atoms with Crippen LogP contribution in [0.5, 0.6) is 5.75 Å². The molecule has 514 valence electrons. The van der Waals surface area contributed by atoms with Gasteiger partial charge in [-0.25, -0.2) is 0 Å². The van der Waals surface area contributed by atoms with E-state index in [0.717, 1.165) is 10.8 Å². The van der Waals surface area contributed by atoms with Crippen molar-refractivity contribution in [2.45, 2.75) is 88.0 Å². The molecule has 0 radical (unpaired) electrons. The molecule has 4 atom stereocenters. The number of carboxylic acid groups (broad SMARTS) is 3. The van der Waals surface area contributed by atoms with Crippen molar-refractivity contribution in [1.29, 1.82) is 0 Å². The Hall–Kier alpha value is -9.62. The number of unbranched alkanes of at least 4 members (excludes halogenated alkanes) is 2. The number of rotatable bonds is 29. The van der Waals surface area contributed by atoms with Crippen LogP contribution in [-0.4, -0.2) is 252 Å². The number of amides is 7. The number of likely N-dealkylation sites (N-methyl/N-ethyl adjacent to an activating group) is 1. The summed E-state index contributed by atoms with van der Waals surface area (Å²) < 4.78 is 0. The maximum Gasteiger partial charge on any atom is 0.317 e. The minimum Gasteiger partial charge on any atom is -0.508 e. The van der Waals surface area contributed by atoms with Crippen molar-refractivity contribution in [2.75, 3.05) is 117 Å². The molecule has 2 aliphatic rings. The van der Waals surface area contributed by atoms with E-state index in [1.165, 1.54) is 36.2 Å². The lowest BCUT2D eigenvalue weighted by Gasteiger charge is -2.42. The summed E-state index contributed by atoms with van der Waals surface area (Å²) >= 11 is 0. The highest BCUT2D eigenvalue weighted by atomic mass is 16.4. The van der Waals surface area contributed by atoms with Crippen molar-refractivity contribution in [1.82, 2.24) is 56.4 Å². The molecular formula is C65H89N15O15. The summed E-state index contributed by atoms with van der Waals surface area (Å²) in [5.41, 5.74) is 11.1. The number of nitrogens with one attached hydrogen (secondary N) is 7. The lowest BCUT2D eigenvalue weighted by Crippen LogP contribution is -2.68. The number of nitrogens with zero attached hydrogens (tertiary/aromatic N) is 6. The molecule has 4 unspecified atom stereocenters. The minimum atomic E-state index is -1.97. The number of phenols is 1. The number of anilines is 1. The first-order valence-corrected chi connectivity index (χ1v) is 31.7. The number of guanidine groups is 1. The summed E-state index contributed by atoms with van der Waals surface area (Å²) in [5, 5.41) is 60.0. The Balaban J connectivity index is 1.04. The first-order valence-electron chi connectivity index (χ1n) is 31.7. The first kappa shape index (κ1) is 74.4. The SMILES string of the molecule is CN1C(CCCNC(=O)c2ccc(NC(=O)CCCCCNC(=O)CN3CCN(CC(=O)O)CCN(CC(=O)O)CCN(CC(=O)O)CC3)cc2)C(=O)NC(CCCN=C(N)N)C(=O)NC(Cc2ccc3ccccc3c2)C(=O)NCC(=O)NC1(C=O)Cc1ccc(O)cc1. The van der Waals surface area contributed by atoms with Gasteiger partial charge in [0, 0.05) is 103 Å². The Labute approximate surface area is 550 Å². The van der Waals surface area contributed by atoms with Gasteiger partial charge in [-0.2, -0.15) is 0 Å². The van der Waals surface area contributed by atoms with Crippen LogP contribution >= 0.6 is 0 Å². The number of benzene rings is 4. The molecule has 0 aromatic heterocycles. The summed E-state index contributed by atoms with van der Waals surface area (Å²) in [6.45, 7) is 1.10.